The maximum absolute atomic E-state index is 13.7. The summed E-state index contributed by atoms with van der Waals surface area (Å²) in [6.45, 7) is 2.67. The molecule has 0 saturated carbocycles. The molecule has 1 saturated heterocycles. The molecule has 1 atom stereocenters. The number of alkyl halides is 3. The molecule has 41 heavy (non-hydrogen) atoms. The first-order chi connectivity index (χ1) is 19.3. The van der Waals surface area contributed by atoms with Crippen LogP contribution in [0.4, 0.5) is 28.5 Å². The molecule has 0 aliphatic carbocycles. The van der Waals surface area contributed by atoms with E-state index in [1.54, 1.807) is 11.4 Å². The molecule has 8 nitrogen and oxygen atoms in total. The van der Waals surface area contributed by atoms with Crippen LogP contribution in [0.25, 0.3) is 16.9 Å². The summed E-state index contributed by atoms with van der Waals surface area (Å²) in [6, 6.07) is 8.93. The highest BCUT2D eigenvalue weighted by Crippen LogP contribution is 2.44. The summed E-state index contributed by atoms with van der Waals surface area (Å²) < 4.78 is 81.6. The summed E-state index contributed by atoms with van der Waals surface area (Å²) in [7, 11) is -3.77. The van der Waals surface area contributed by atoms with E-state index < -0.39 is 37.6 Å². The predicted octanol–water partition coefficient (Wildman–Crippen LogP) is 5.96. The number of aryl methyl sites for hydroxylation is 1. The van der Waals surface area contributed by atoms with E-state index in [0.717, 1.165) is 5.56 Å². The largest absolute Gasteiger partial charge is 0.508 e. The third kappa shape index (κ3) is 5.72. The minimum Gasteiger partial charge on any atom is -0.285 e. The smallest absolute Gasteiger partial charge is 0.285 e. The van der Waals surface area contributed by atoms with Gasteiger partial charge in [0.1, 0.15) is 33.4 Å². The summed E-state index contributed by atoms with van der Waals surface area (Å²) in [4.78, 5) is 23.2. The monoisotopic (exact) mass is 610 g/mol. The van der Waals surface area contributed by atoms with Gasteiger partial charge in [-0.2, -0.15) is 18.2 Å². The molecule has 1 aromatic carbocycles. The van der Waals surface area contributed by atoms with Gasteiger partial charge in [-0.3, -0.25) is 9.30 Å². The predicted molar refractivity (Wildman–Crippen MR) is 150 cm³/mol. The number of piperidine rings is 1. The Balaban J connectivity index is 1.58. The molecule has 0 N–H and O–H groups in total. The van der Waals surface area contributed by atoms with Crippen LogP contribution >= 0.6 is 10.5 Å². The number of imidazole rings is 1. The van der Waals surface area contributed by atoms with Crippen LogP contribution in [0.1, 0.15) is 41.7 Å². The number of carbonyl (C=O) groups is 1. The zero-order valence-corrected chi connectivity index (χ0v) is 24.2. The molecular formula is C27H28F4N5O3S2+. The second-order valence-electron chi connectivity index (χ2n) is 9.95. The maximum Gasteiger partial charge on any atom is 0.508 e. The van der Waals surface area contributed by atoms with E-state index >= 15 is 0 Å². The summed E-state index contributed by atoms with van der Waals surface area (Å²) in [5, 5.41) is -0.828. The molecule has 0 bridgehead atoms. The lowest BCUT2D eigenvalue weighted by Crippen LogP contribution is -2.37. The Morgan fingerprint density at radius 2 is 1.76 bits per heavy atom. The number of aromatic nitrogens is 3. The number of thiazole rings is 1. The van der Waals surface area contributed by atoms with Crippen LogP contribution in [0.2, 0.25) is 0 Å². The zero-order valence-electron chi connectivity index (χ0n) is 22.5. The van der Waals surface area contributed by atoms with E-state index in [9.17, 15) is 30.8 Å². The molecule has 0 amide bonds. The highest BCUT2D eigenvalue weighted by molar-refractivity contribution is 7.88. The SMILES string of the molecule is CCc1nc2ccc(C3CCN(S(C)(=O)=O)CC3)cn2c1N(C)c1nc(-c2ccc(F)cc2)c[s+]1C(=O)C(F)(F)F. The Hall–Kier alpha value is -3.36. The second kappa shape index (κ2) is 10.8. The Bertz CT molecular complexity index is 1710. The Labute approximate surface area is 237 Å². The maximum atomic E-state index is 13.7. The van der Waals surface area contributed by atoms with Crippen molar-refractivity contribution in [1.82, 2.24) is 18.7 Å². The first-order valence-corrected chi connectivity index (χ1v) is 16.0. The van der Waals surface area contributed by atoms with Gasteiger partial charge in [0.05, 0.1) is 11.9 Å². The van der Waals surface area contributed by atoms with Gasteiger partial charge in [0, 0.05) is 31.9 Å². The van der Waals surface area contributed by atoms with Crippen LogP contribution in [-0.4, -0.2) is 64.8 Å². The number of pyridine rings is 1. The lowest BCUT2D eigenvalue weighted by atomic mass is 9.91. The third-order valence-corrected chi connectivity index (χ3v) is 10.4. The molecule has 1 unspecified atom stereocenters. The summed E-state index contributed by atoms with van der Waals surface area (Å²) >= 11 is 0. The van der Waals surface area contributed by atoms with Crippen molar-refractivity contribution < 1.29 is 30.8 Å². The summed E-state index contributed by atoms with van der Waals surface area (Å²) in [6.07, 6.45) is -0.294. The van der Waals surface area contributed by atoms with Crippen molar-refractivity contribution in [3.8, 4) is 11.3 Å². The number of anilines is 2. The van der Waals surface area contributed by atoms with Crippen LogP contribution in [0.3, 0.4) is 0 Å². The van der Waals surface area contributed by atoms with Crippen LogP contribution < -0.4 is 4.90 Å². The number of carbonyl (C=O) groups excluding carboxylic acids is 1. The number of fused-ring (bicyclic) bond motifs is 1. The van der Waals surface area contributed by atoms with Crippen molar-refractivity contribution in [3.63, 3.8) is 0 Å². The topological polar surface area (TPSA) is 87.9 Å². The Kier molecular flexibility index (Phi) is 7.68. The lowest BCUT2D eigenvalue weighted by molar-refractivity contribution is -0.0844. The van der Waals surface area contributed by atoms with Gasteiger partial charge in [-0.15, -0.1) is 0 Å². The summed E-state index contributed by atoms with van der Waals surface area (Å²) in [5.74, 6) is 0.0630. The first kappa shape index (κ1) is 29.1. The molecule has 14 heteroatoms. The number of nitrogens with zero attached hydrogens (tertiary/aromatic N) is 5. The molecule has 0 radical (unpaired) electrons. The van der Waals surface area contributed by atoms with E-state index in [-0.39, 0.29) is 16.7 Å². The molecule has 1 aliphatic heterocycles. The summed E-state index contributed by atoms with van der Waals surface area (Å²) in [5.41, 5.74) is 2.67. The van der Waals surface area contributed by atoms with Crippen molar-refractivity contribution in [3.05, 3.63) is 65.0 Å². The zero-order chi connectivity index (χ0) is 29.7. The van der Waals surface area contributed by atoms with Gasteiger partial charge < -0.3 is 0 Å². The highest BCUT2D eigenvalue weighted by Gasteiger charge is 2.51. The second-order valence-corrected chi connectivity index (χ2v) is 13.6. The molecule has 4 heterocycles. The van der Waals surface area contributed by atoms with Crippen molar-refractivity contribution in [1.29, 1.82) is 0 Å². The Morgan fingerprint density at radius 3 is 2.34 bits per heavy atom. The van der Waals surface area contributed by atoms with Crippen molar-refractivity contribution in [2.24, 2.45) is 0 Å². The number of benzene rings is 1. The van der Waals surface area contributed by atoms with Crippen molar-refractivity contribution in [2.75, 3.05) is 31.3 Å². The molecule has 218 valence electrons. The van der Waals surface area contributed by atoms with Crippen LogP contribution in [0.5, 0.6) is 0 Å². The van der Waals surface area contributed by atoms with Gasteiger partial charge in [0.25, 0.3) is 0 Å². The quantitative estimate of drug-likeness (QED) is 0.190. The van der Waals surface area contributed by atoms with Crippen molar-refractivity contribution >= 4 is 42.2 Å². The number of sulfonamides is 1. The number of halogens is 4. The number of rotatable bonds is 7. The fourth-order valence-corrected chi connectivity index (χ4v) is 7.61. The van der Waals surface area contributed by atoms with E-state index in [2.05, 4.69) is 9.97 Å². The van der Waals surface area contributed by atoms with Gasteiger partial charge >= 0.3 is 16.4 Å². The average molecular weight is 611 g/mol. The molecular weight excluding hydrogens is 582 g/mol. The van der Waals surface area contributed by atoms with Crippen molar-refractivity contribution in [2.45, 2.75) is 38.3 Å². The standard InChI is InChI=1S/C27H28F4N5O3S2/c1-4-21-24(36-15-19(7-10-23(36)32-21)17-11-13-35(14-12-17)41(3,38)39)34(2)26-33-22(18-5-8-20(28)9-6-18)16-40(26)25(37)27(29,30)31/h5-10,15-17H,4,11-14H2,1-3H3/q+1. The van der Waals surface area contributed by atoms with Crippen LogP contribution in [0, 0.1) is 5.82 Å². The lowest BCUT2D eigenvalue weighted by Gasteiger charge is -2.30. The van der Waals surface area contributed by atoms with Gasteiger partial charge in [0.15, 0.2) is 5.38 Å². The molecule has 5 rings (SSSR count). The van der Waals surface area contributed by atoms with E-state index in [4.69, 9.17) is 0 Å². The number of hydrogen-bond donors (Lipinski definition) is 0. The molecule has 1 aliphatic rings. The number of hydrogen-bond acceptors (Lipinski definition) is 6. The van der Waals surface area contributed by atoms with E-state index in [1.165, 1.54) is 45.1 Å². The third-order valence-electron chi connectivity index (χ3n) is 7.23. The van der Waals surface area contributed by atoms with Gasteiger partial charge in [0.2, 0.25) is 10.0 Å². The van der Waals surface area contributed by atoms with E-state index in [0.29, 0.717) is 55.1 Å². The highest BCUT2D eigenvalue weighted by atomic mass is 32.2. The minimum absolute atomic E-state index is 0.0834. The molecule has 4 aromatic rings. The van der Waals surface area contributed by atoms with Gasteiger partial charge in [-0.1, -0.05) is 13.0 Å². The van der Waals surface area contributed by atoms with E-state index in [1.807, 2.05) is 25.3 Å². The average Bonchev–Trinajstić information content (AvgIpc) is 3.53. The van der Waals surface area contributed by atoms with Crippen LogP contribution in [-0.2, 0) is 16.4 Å². The fourth-order valence-electron chi connectivity index (χ4n) is 5.12. The Morgan fingerprint density at radius 1 is 1.10 bits per heavy atom. The van der Waals surface area contributed by atoms with Gasteiger partial charge in [-0.25, -0.2) is 26.9 Å². The molecule has 3 aromatic heterocycles. The fraction of sp³-hybridized carbons (Fsp3) is 0.370. The van der Waals surface area contributed by atoms with Gasteiger partial charge in [-0.05, 0) is 61.1 Å². The first-order valence-electron chi connectivity index (χ1n) is 12.9. The molecule has 1 fully saturated rings. The normalized spacial score (nSPS) is 15.9. The van der Waals surface area contributed by atoms with Crippen LogP contribution in [0.15, 0.2) is 48.0 Å². The minimum atomic E-state index is -5.08. The molecule has 0 spiro atoms.